The third kappa shape index (κ3) is 5.02. The van der Waals surface area contributed by atoms with Gasteiger partial charge in [0.05, 0.1) is 11.4 Å². The first-order chi connectivity index (χ1) is 15.5. The van der Waals surface area contributed by atoms with Gasteiger partial charge in [-0.25, -0.2) is 9.37 Å². The van der Waals surface area contributed by atoms with Crippen LogP contribution in [0.1, 0.15) is 30.7 Å². The number of rotatable bonds is 8. The highest BCUT2D eigenvalue weighted by molar-refractivity contribution is 7.99. The molecule has 6 nitrogen and oxygen atoms in total. The Morgan fingerprint density at radius 1 is 1.06 bits per heavy atom. The number of hydrogen-bond donors (Lipinski definition) is 1. The van der Waals surface area contributed by atoms with Gasteiger partial charge in [-0.05, 0) is 62.1 Å². The Labute approximate surface area is 190 Å². The van der Waals surface area contributed by atoms with E-state index in [1.807, 2.05) is 30.3 Å². The molecule has 1 aliphatic rings. The Hall–Kier alpha value is -3.13. The van der Waals surface area contributed by atoms with Crippen LogP contribution >= 0.6 is 11.8 Å². The van der Waals surface area contributed by atoms with Crippen LogP contribution in [0.15, 0.2) is 59.8 Å². The number of aryl methyl sites for hydroxylation is 1. The predicted octanol–water partition coefficient (Wildman–Crippen LogP) is 3.89. The van der Waals surface area contributed by atoms with Crippen molar-refractivity contribution in [1.82, 2.24) is 9.55 Å². The van der Waals surface area contributed by atoms with Gasteiger partial charge in [0.2, 0.25) is 11.8 Å². The summed E-state index contributed by atoms with van der Waals surface area (Å²) in [5.74, 6) is -0.937. The molecule has 1 aromatic heterocycles. The first-order valence-electron chi connectivity index (χ1n) is 10.7. The maximum absolute atomic E-state index is 13.4. The monoisotopic (exact) mass is 452 g/mol. The molecular formula is C24H25FN4O2S. The number of anilines is 1. The third-order valence-corrected chi connectivity index (χ3v) is 6.39. The summed E-state index contributed by atoms with van der Waals surface area (Å²) >= 11 is 1.37. The molecule has 8 heteroatoms. The average molecular weight is 453 g/mol. The minimum Gasteiger partial charge on any atom is -0.370 e. The van der Waals surface area contributed by atoms with Gasteiger partial charge in [-0.1, -0.05) is 30.0 Å². The second-order valence-electron chi connectivity index (χ2n) is 7.69. The molecule has 3 aromatic rings. The Kier molecular flexibility index (Phi) is 6.90. The maximum Gasteiger partial charge on any atom is 0.237 e. The van der Waals surface area contributed by atoms with E-state index < -0.39 is 5.91 Å². The first kappa shape index (κ1) is 22.1. The fraction of sp³-hybridized carbons (Fsp3) is 0.292. The highest BCUT2D eigenvalue weighted by atomic mass is 32.2. The highest BCUT2D eigenvalue weighted by Crippen LogP contribution is 2.31. The molecule has 32 heavy (non-hydrogen) atoms. The van der Waals surface area contributed by atoms with Crippen LogP contribution in [0.25, 0.3) is 5.69 Å². The van der Waals surface area contributed by atoms with Crippen LogP contribution in [-0.4, -0.2) is 33.7 Å². The van der Waals surface area contributed by atoms with E-state index in [-0.39, 0.29) is 30.4 Å². The van der Waals surface area contributed by atoms with Crippen molar-refractivity contribution in [3.8, 4) is 5.69 Å². The van der Waals surface area contributed by atoms with Crippen LogP contribution in [0.4, 0.5) is 10.1 Å². The van der Waals surface area contributed by atoms with E-state index in [0.29, 0.717) is 5.69 Å². The lowest BCUT2D eigenvalue weighted by molar-refractivity contribution is -0.118. The maximum atomic E-state index is 13.4. The Balaban J connectivity index is 1.57. The number of fused-ring (bicyclic) bond motifs is 1. The second kappa shape index (κ2) is 9.99. The summed E-state index contributed by atoms with van der Waals surface area (Å²) in [6.45, 7) is 0.143. The molecule has 2 aromatic carbocycles. The number of para-hydroxylation sites is 1. The van der Waals surface area contributed by atoms with Crippen LogP contribution < -0.4 is 10.6 Å². The molecule has 0 saturated heterocycles. The van der Waals surface area contributed by atoms with Gasteiger partial charge in [0.25, 0.3) is 0 Å². The Bertz CT molecular complexity index is 1100. The average Bonchev–Trinajstić information content (AvgIpc) is 3.17. The lowest BCUT2D eigenvalue weighted by Gasteiger charge is -2.22. The number of imidazole rings is 1. The molecular weight excluding hydrogens is 427 g/mol. The number of carbonyl (C=O) groups is 2. The molecule has 0 atom stereocenters. The number of carbonyl (C=O) groups excluding carboxylic acids is 2. The molecule has 166 valence electrons. The van der Waals surface area contributed by atoms with Crippen molar-refractivity contribution in [3.05, 3.63) is 71.8 Å². The van der Waals surface area contributed by atoms with E-state index in [1.165, 1.54) is 46.6 Å². The van der Waals surface area contributed by atoms with E-state index in [1.54, 1.807) is 0 Å². The molecule has 2 amide bonds. The largest absolute Gasteiger partial charge is 0.370 e. The predicted molar refractivity (Wildman–Crippen MR) is 123 cm³/mol. The summed E-state index contributed by atoms with van der Waals surface area (Å²) in [6, 6.07) is 15.7. The van der Waals surface area contributed by atoms with Gasteiger partial charge in [-0.3, -0.25) is 14.2 Å². The number of aromatic nitrogens is 2. The molecule has 0 aliphatic heterocycles. The number of nitrogens with zero attached hydrogens (tertiary/aromatic N) is 3. The lowest BCUT2D eigenvalue weighted by atomic mass is 10.0. The Morgan fingerprint density at radius 2 is 1.78 bits per heavy atom. The van der Waals surface area contributed by atoms with Crippen molar-refractivity contribution in [2.75, 3.05) is 17.2 Å². The van der Waals surface area contributed by atoms with Crippen LogP contribution in [-0.2, 0) is 22.4 Å². The lowest BCUT2D eigenvalue weighted by Crippen LogP contribution is -2.35. The Morgan fingerprint density at radius 3 is 2.50 bits per heavy atom. The fourth-order valence-corrected chi connectivity index (χ4v) is 4.83. The molecule has 0 radical (unpaired) electrons. The topological polar surface area (TPSA) is 81.2 Å². The summed E-state index contributed by atoms with van der Waals surface area (Å²) in [6.07, 6.45) is 4.18. The minimum atomic E-state index is -0.495. The summed E-state index contributed by atoms with van der Waals surface area (Å²) in [7, 11) is 0. The molecule has 0 fully saturated rings. The number of halogens is 1. The molecule has 1 heterocycles. The zero-order valence-corrected chi connectivity index (χ0v) is 18.5. The van der Waals surface area contributed by atoms with Crippen molar-refractivity contribution in [1.29, 1.82) is 0 Å². The standard InChI is InChI=1S/C24H25FN4O2S/c25-17-10-12-18(13-11-17)28(15-14-22(26)30)23(31)16-32-24-27-20-8-4-5-9-21(20)29(24)19-6-2-1-3-7-19/h1-3,6-7,10-13H,4-5,8-9,14-16H2,(H2,26,30). The zero-order valence-electron chi connectivity index (χ0n) is 17.7. The van der Waals surface area contributed by atoms with Crippen LogP contribution in [0.2, 0.25) is 0 Å². The van der Waals surface area contributed by atoms with Gasteiger partial charge in [0, 0.05) is 30.0 Å². The molecule has 0 spiro atoms. The van der Waals surface area contributed by atoms with Crippen molar-refractivity contribution in [2.45, 2.75) is 37.3 Å². The SMILES string of the molecule is NC(=O)CCN(C(=O)CSc1nc2c(n1-c1ccccc1)CCCC2)c1ccc(F)cc1. The first-order valence-corrected chi connectivity index (χ1v) is 11.6. The van der Waals surface area contributed by atoms with Crippen LogP contribution in [0, 0.1) is 5.82 Å². The van der Waals surface area contributed by atoms with Crippen molar-refractivity contribution < 1.29 is 14.0 Å². The number of nitrogens with two attached hydrogens (primary N) is 1. The molecule has 0 bridgehead atoms. The van der Waals surface area contributed by atoms with E-state index in [9.17, 15) is 14.0 Å². The number of thioether (sulfide) groups is 1. The van der Waals surface area contributed by atoms with E-state index >= 15 is 0 Å². The smallest absolute Gasteiger partial charge is 0.237 e. The van der Waals surface area contributed by atoms with Gasteiger partial charge in [0.15, 0.2) is 5.16 Å². The molecule has 1 aliphatic carbocycles. The van der Waals surface area contributed by atoms with Crippen LogP contribution in [0.5, 0.6) is 0 Å². The summed E-state index contributed by atoms with van der Waals surface area (Å²) in [4.78, 5) is 30.8. The number of amides is 2. The number of hydrogen-bond acceptors (Lipinski definition) is 4. The summed E-state index contributed by atoms with van der Waals surface area (Å²) in [5.41, 5.74) is 9.16. The van der Waals surface area contributed by atoms with Gasteiger partial charge < -0.3 is 10.6 Å². The van der Waals surface area contributed by atoms with Gasteiger partial charge in [-0.2, -0.15) is 0 Å². The number of primary amides is 1. The second-order valence-corrected chi connectivity index (χ2v) is 8.64. The summed E-state index contributed by atoms with van der Waals surface area (Å²) < 4.78 is 15.5. The molecule has 4 rings (SSSR count). The van der Waals surface area contributed by atoms with Gasteiger partial charge >= 0.3 is 0 Å². The fourth-order valence-electron chi connectivity index (χ4n) is 3.90. The summed E-state index contributed by atoms with van der Waals surface area (Å²) in [5, 5.41) is 0.783. The minimum absolute atomic E-state index is 0.0285. The quantitative estimate of drug-likeness (QED) is 0.526. The third-order valence-electron chi connectivity index (χ3n) is 5.46. The molecule has 0 saturated carbocycles. The van der Waals surface area contributed by atoms with E-state index in [2.05, 4.69) is 4.57 Å². The van der Waals surface area contributed by atoms with Gasteiger partial charge in [-0.15, -0.1) is 0 Å². The molecule has 2 N–H and O–H groups in total. The normalized spacial score (nSPS) is 12.9. The van der Waals surface area contributed by atoms with E-state index in [0.717, 1.165) is 42.2 Å². The highest BCUT2D eigenvalue weighted by Gasteiger charge is 2.23. The van der Waals surface area contributed by atoms with E-state index in [4.69, 9.17) is 10.7 Å². The van der Waals surface area contributed by atoms with Crippen molar-refractivity contribution in [3.63, 3.8) is 0 Å². The molecule has 0 unspecified atom stereocenters. The number of benzene rings is 2. The van der Waals surface area contributed by atoms with Crippen molar-refractivity contribution >= 4 is 29.3 Å². The van der Waals surface area contributed by atoms with Crippen molar-refractivity contribution in [2.24, 2.45) is 5.73 Å². The van der Waals surface area contributed by atoms with Gasteiger partial charge in [0.1, 0.15) is 5.82 Å². The van der Waals surface area contributed by atoms with Crippen LogP contribution in [0.3, 0.4) is 0 Å². The zero-order chi connectivity index (χ0) is 22.5.